The molecule has 0 fully saturated rings. The molecule has 0 aromatic heterocycles. The minimum atomic E-state index is -0.189. The number of carbonyl (C=O) groups excluding carboxylic acids is 1. The summed E-state index contributed by atoms with van der Waals surface area (Å²) in [5, 5.41) is 12.7. The van der Waals surface area contributed by atoms with Crippen LogP contribution in [-0.2, 0) is 4.79 Å². The first-order chi connectivity index (χ1) is 7.69. The van der Waals surface area contributed by atoms with Crippen molar-refractivity contribution in [3.05, 3.63) is 22.2 Å². The second kappa shape index (κ2) is 5.15. The van der Waals surface area contributed by atoms with Crippen LogP contribution in [-0.4, -0.2) is 11.0 Å². The highest BCUT2D eigenvalue weighted by Crippen LogP contribution is 2.35. The van der Waals surface area contributed by atoms with E-state index < -0.39 is 0 Å². The summed E-state index contributed by atoms with van der Waals surface area (Å²) < 4.78 is 0. The first kappa shape index (κ1) is 14.1. The van der Waals surface area contributed by atoms with E-state index in [-0.39, 0.29) is 27.8 Å². The molecule has 1 rings (SSSR count). The Bertz CT molecular complexity index is 439. The van der Waals surface area contributed by atoms with Gasteiger partial charge >= 0.3 is 0 Å². The van der Waals surface area contributed by atoms with Crippen molar-refractivity contribution in [2.45, 2.75) is 27.2 Å². The van der Waals surface area contributed by atoms with Gasteiger partial charge in [-0.1, -0.05) is 44.0 Å². The summed E-state index contributed by atoms with van der Waals surface area (Å²) in [4.78, 5) is 11.7. The Labute approximate surface area is 111 Å². The number of hydrogen-bond donors (Lipinski definition) is 2. The minimum Gasteiger partial charge on any atom is -0.504 e. The van der Waals surface area contributed by atoms with Crippen molar-refractivity contribution in [2.75, 3.05) is 5.32 Å². The molecule has 3 nitrogen and oxygen atoms in total. The second-order valence-electron chi connectivity index (χ2n) is 5.07. The van der Waals surface area contributed by atoms with Gasteiger partial charge < -0.3 is 10.4 Å². The van der Waals surface area contributed by atoms with Gasteiger partial charge in [0.25, 0.3) is 0 Å². The molecule has 1 aromatic rings. The third kappa shape index (κ3) is 4.44. The van der Waals surface area contributed by atoms with Crippen molar-refractivity contribution in [2.24, 2.45) is 5.41 Å². The van der Waals surface area contributed by atoms with Crippen LogP contribution in [0.15, 0.2) is 12.1 Å². The Balaban J connectivity index is 2.85. The number of anilines is 1. The molecule has 17 heavy (non-hydrogen) atoms. The fraction of sp³-hybridized carbons (Fsp3) is 0.417. The average Bonchev–Trinajstić information content (AvgIpc) is 2.10. The predicted octanol–water partition coefficient (Wildman–Crippen LogP) is 4.07. The maximum atomic E-state index is 11.7. The lowest BCUT2D eigenvalue weighted by Crippen LogP contribution is -2.19. The summed E-state index contributed by atoms with van der Waals surface area (Å²) in [6.45, 7) is 5.87. The highest BCUT2D eigenvalue weighted by atomic mass is 35.5. The quantitative estimate of drug-likeness (QED) is 0.800. The maximum Gasteiger partial charge on any atom is 0.225 e. The zero-order valence-electron chi connectivity index (χ0n) is 9.97. The van der Waals surface area contributed by atoms with E-state index in [2.05, 4.69) is 5.32 Å². The maximum absolute atomic E-state index is 11.7. The molecule has 0 atom stereocenters. The number of rotatable bonds is 2. The molecule has 0 heterocycles. The van der Waals surface area contributed by atoms with Gasteiger partial charge in [0.1, 0.15) is 0 Å². The number of nitrogens with one attached hydrogen (secondary N) is 1. The number of aromatic hydroxyl groups is 1. The Morgan fingerprint density at radius 3 is 2.47 bits per heavy atom. The standard InChI is InChI=1S/C12H15Cl2NO2/c1-12(2,3)6-10(16)15-9-5-7(13)4-8(14)11(9)17/h4-5,17H,6H2,1-3H3,(H,15,16). The zero-order valence-corrected chi connectivity index (χ0v) is 11.5. The average molecular weight is 276 g/mol. The summed E-state index contributed by atoms with van der Waals surface area (Å²) in [5.74, 6) is -0.357. The summed E-state index contributed by atoms with van der Waals surface area (Å²) in [6, 6.07) is 2.88. The second-order valence-corrected chi connectivity index (χ2v) is 5.91. The molecule has 0 aliphatic rings. The molecule has 2 N–H and O–H groups in total. The molecule has 0 bridgehead atoms. The molecule has 0 aliphatic heterocycles. The number of benzene rings is 1. The highest BCUT2D eigenvalue weighted by molar-refractivity contribution is 6.36. The molecular formula is C12H15Cl2NO2. The van der Waals surface area contributed by atoms with Gasteiger partial charge in [0.05, 0.1) is 10.7 Å². The van der Waals surface area contributed by atoms with Crippen LogP contribution in [0.1, 0.15) is 27.2 Å². The first-order valence-corrected chi connectivity index (χ1v) is 5.92. The minimum absolute atomic E-state index is 0.114. The molecule has 0 radical (unpaired) electrons. The van der Waals surface area contributed by atoms with Crippen molar-refractivity contribution < 1.29 is 9.90 Å². The van der Waals surface area contributed by atoms with Crippen molar-refractivity contribution in [1.29, 1.82) is 0 Å². The van der Waals surface area contributed by atoms with Crippen LogP contribution in [0.3, 0.4) is 0 Å². The van der Waals surface area contributed by atoms with Gasteiger partial charge in [-0.25, -0.2) is 0 Å². The molecule has 0 saturated carbocycles. The van der Waals surface area contributed by atoms with Gasteiger partial charge in [-0.3, -0.25) is 4.79 Å². The van der Waals surface area contributed by atoms with Crippen LogP contribution >= 0.6 is 23.2 Å². The van der Waals surface area contributed by atoms with Crippen molar-refractivity contribution in [3.63, 3.8) is 0 Å². The monoisotopic (exact) mass is 275 g/mol. The molecule has 0 saturated heterocycles. The topological polar surface area (TPSA) is 49.3 Å². The summed E-state index contributed by atoms with van der Waals surface area (Å²) in [5.41, 5.74) is 0.110. The Morgan fingerprint density at radius 1 is 1.35 bits per heavy atom. The number of phenolic OH excluding ortho intramolecular Hbond substituents is 1. The predicted molar refractivity (Wildman–Crippen MR) is 70.8 cm³/mol. The van der Waals surface area contributed by atoms with Crippen molar-refractivity contribution in [3.8, 4) is 5.75 Å². The van der Waals surface area contributed by atoms with Gasteiger partial charge in [0, 0.05) is 11.4 Å². The SMILES string of the molecule is CC(C)(C)CC(=O)Nc1cc(Cl)cc(Cl)c1O. The van der Waals surface area contributed by atoms with Gasteiger partial charge in [0.2, 0.25) is 5.91 Å². The van der Waals surface area contributed by atoms with E-state index in [1.165, 1.54) is 12.1 Å². The van der Waals surface area contributed by atoms with Gasteiger partial charge in [-0.15, -0.1) is 0 Å². The smallest absolute Gasteiger partial charge is 0.225 e. The lowest BCUT2D eigenvalue weighted by molar-refractivity contribution is -0.117. The van der Waals surface area contributed by atoms with Gasteiger partial charge in [-0.05, 0) is 17.5 Å². The molecule has 1 amide bonds. The van der Waals surface area contributed by atoms with E-state index in [4.69, 9.17) is 23.2 Å². The molecule has 94 valence electrons. The number of halogens is 2. The van der Waals surface area contributed by atoms with Crippen molar-refractivity contribution >= 4 is 34.8 Å². The molecular weight excluding hydrogens is 261 g/mol. The lowest BCUT2D eigenvalue weighted by atomic mass is 9.92. The van der Waals surface area contributed by atoms with Crippen LogP contribution in [0.2, 0.25) is 10.0 Å². The van der Waals surface area contributed by atoms with Gasteiger partial charge in [-0.2, -0.15) is 0 Å². The Kier molecular flexibility index (Phi) is 4.28. The molecule has 0 aliphatic carbocycles. The number of amides is 1. The molecule has 0 unspecified atom stereocenters. The Morgan fingerprint density at radius 2 is 1.94 bits per heavy atom. The third-order valence-corrected chi connectivity index (χ3v) is 2.50. The lowest BCUT2D eigenvalue weighted by Gasteiger charge is -2.17. The molecule has 0 spiro atoms. The number of phenols is 1. The molecule has 5 heteroatoms. The van der Waals surface area contributed by atoms with Crippen LogP contribution in [0.4, 0.5) is 5.69 Å². The highest BCUT2D eigenvalue weighted by Gasteiger charge is 2.17. The largest absolute Gasteiger partial charge is 0.504 e. The third-order valence-electron chi connectivity index (χ3n) is 1.99. The van der Waals surface area contributed by atoms with Crippen LogP contribution in [0.5, 0.6) is 5.75 Å². The summed E-state index contributed by atoms with van der Waals surface area (Å²) in [7, 11) is 0. The van der Waals surface area contributed by atoms with Crippen LogP contribution in [0, 0.1) is 5.41 Å². The van der Waals surface area contributed by atoms with Crippen LogP contribution < -0.4 is 5.32 Å². The normalized spacial score (nSPS) is 11.4. The molecule has 1 aromatic carbocycles. The van der Waals surface area contributed by atoms with E-state index in [9.17, 15) is 9.90 Å². The van der Waals surface area contributed by atoms with E-state index in [0.29, 0.717) is 11.4 Å². The number of hydrogen-bond acceptors (Lipinski definition) is 2. The summed E-state index contributed by atoms with van der Waals surface area (Å²) in [6.07, 6.45) is 0.344. The Hall–Kier alpha value is -0.930. The summed E-state index contributed by atoms with van der Waals surface area (Å²) >= 11 is 11.5. The van der Waals surface area contributed by atoms with Crippen LogP contribution in [0.25, 0.3) is 0 Å². The van der Waals surface area contributed by atoms with E-state index >= 15 is 0 Å². The first-order valence-electron chi connectivity index (χ1n) is 5.17. The zero-order chi connectivity index (χ0) is 13.2. The van der Waals surface area contributed by atoms with E-state index in [1.807, 2.05) is 20.8 Å². The van der Waals surface area contributed by atoms with E-state index in [1.54, 1.807) is 0 Å². The fourth-order valence-corrected chi connectivity index (χ4v) is 1.83. The van der Waals surface area contributed by atoms with Gasteiger partial charge in [0.15, 0.2) is 5.75 Å². The van der Waals surface area contributed by atoms with Crippen molar-refractivity contribution in [1.82, 2.24) is 0 Å². The fourth-order valence-electron chi connectivity index (χ4n) is 1.34. The van der Waals surface area contributed by atoms with E-state index in [0.717, 1.165) is 0 Å². The number of carbonyl (C=O) groups is 1.